The largest absolute Gasteiger partial charge is 0.369 e. The maximum atomic E-state index is 12.8. The fourth-order valence-electron chi connectivity index (χ4n) is 1.20. The molecule has 1 aromatic heterocycles. The topological polar surface area (TPSA) is 41.4 Å². The molecule has 0 saturated heterocycles. The lowest BCUT2D eigenvalue weighted by molar-refractivity contribution is 0.627. The molecule has 4 nitrogen and oxygen atoms in total. The van der Waals surface area contributed by atoms with Gasteiger partial charge in [-0.05, 0) is 17.7 Å². The third kappa shape index (κ3) is 4.60. The van der Waals surface area contributed by atoms with Crippen molar-refractivity contribution in [2.75, 3.05) is 14.1 Å². The second-order valence-corrected chi connectivity index (χ2v) is 6.15. The van der Waals surface area contributed by atoms with Gasteiger partial charge in [-0.25, -0.2) is 9.38 Å². The van der Waals surface area contributed by atoms with Gasteiger partial charge < -0.3 is 4.90 Å². The predicted molar refractivity (Wildman–Crippen MR) is 77.7 cm³/mol. The molecule has 0 unspecified atom stereocenters. The van der Waals surface area contributed by atoms with Gasteiger partial charge in [0.2, 0.25) is 5.13 Å². The van der Waals surface area contributed by atoms with E-state index in [1.807, 2.05) is 19.0 Å². The first-order valence-electron chi connectivity index (χ1n) is 5.55. The molecule has 1 aromatic carbocycles. The summed E-state index contributed by atoms with van der Waals surface area (Å²) in [6.45, 7) is 0. The zero-order chi connectivity index (χ0) is 13.7. The fraction of sp³-hybridized carbons (Fsp3) is 0.250. The van der Waals surface area contributed by atoms with Crippen LogP contribution in [0.4, 0.5) is 9.52 Å². The molecule has 0 saturated carbocycles. The zero-order valence-electron chi connectivity index (χ0n) is 10.6. The molecule has 2 rings (SSSR count). The number of hydrogen-bond donors (Lipinski definition) is 0. The smallest absolute Gasteiger partial charge is 0.233 e. The zero-order valence-corrected chi connectivity index (χ0v) is 12.2. The lowest BCUT2D eigenvalue weighted by Crippen LogP contribution is -2.06. The summed E-state index contributed by atoms with van der Waals surface area (Å²) in [7, 11) is 3.80. The Hall–Kier alpha value is -1.47. The SMILES string of the molecule is CN(C)/C=N/c1nnc(SCc2ccc(F)cc2)s1. The van der Waals surface area contributed by atoms with Crippen molar-refractivity contribution in [1.82, 2.24) is 15.1 Å². The standard InChI is InChI=1S/C12H13FN4S2/c1-17(2)8-14-11-15-16-12(19-11)18-7-9-3-5-10(13)6-4-9/h3-6,8H,7H2,1-2H3/b14-8+. The molecule has 19 heavy (non-hydrogen) atoms. The van der Waals surface area contributed by atoms with E-state index in [2.05, 4.69) is 15.2 Å². The van der Waals surface area contributed by atoms with Gasteiger partial charge in [0.15, 0.2) is 4.34 Å². The van der Waals surface area contributed by atoms with E-state index in [-0.39, 0.29) is 5.82 Å². The second kappa shape index (κ2) is 6.63. The lowest BCUT2D eigenvalue weighted by atomic mass is 10.2. The van der Waals surface area contributed by atoms with E-state index in [1.54, 1.807) is 30.2 Å². The first-order chi connectivity index (χ1) is 9.13. The molecule has 7 heteroatoms. The van der Waals surface area contributed by atoms with Crippen LogP contribution in [0.5, 0.6) is 0 Å². The molecule has 0 amide bonds. The van der Waals surface area contributed by atoms with E-state index in [0.29, 0.717) is 5.13 Å². The molecule has 0 N–H and O–H groups in total. The molecule has 0 spiro atoms. The summed E-state index contributed by atoms with van der Waals surface area (Å²) in [5.41, 5.74) is 1.06. The van der Waals surface area contributed by atoms with E-state index in [4.69, 9.17) is 0 Å². The van der Waals surface area contributed by atoms with E-state index >= 15 is 0 Å². The number of nitrogens with zero attached hydrogens (tertiary/aromatic N) is 4. The number of thioether (sulfide) groups is 1. The summed E-state index contributed by atoms with van der Waals surface area (Å²) in [6, 6.07) is 6.47. The molecule has 0 atom stereocenters. The highest BCUT2D eigenvalue weighted by Crippen LogP contribution is 2.29. The molecule has 0 radical (unpaired) electrons. The van der Waals surface area contributed by atoms with E-state index in [9.17, 15) is 4.39 Å². The third-order valence-corrected chi connectivity index (χ3v) is 4.11. The van der Waals surface area contributed by atoms with E-state index < -0.39 is 0 Å². The summed E-state index contributed by atoms with van der Waals surface area (Å²) < 4.78 is 13.6. The molecule has 2 aromatic rings. The van der Waals surface area contributed by atoms with Crippen molar-refractivity contribution in [2.45, 2.75) is 10.1 Å². The second-order valence-electron chi connectivity index (χ2n) is 3.97. The van der Waals surface area contributed by atoms with Crippen LogP contribution < -0.4 is 0 Å². The summed E-state index contributed by atoms with van der Waals surface area (Å²) in [5.74, 6) is 0.525. The van der Waals surface area contributed by atoms with Crippen LogP contribution in [0.25, 0.3) is 0 Å². The van der Waals surface area contributed by atoms with Gasteiger partial charge in [0.25, 0.3) is 0 Å². The van der Waals surface area contributed by atoms with E-state index in [1.165, 1.54) is 23.5 Å². The van der Waals surface area contributed by atoms with Crippen molar-refractivity contribution in [3.63, 3.8) is 0 Å². The highest BCUT2D eigenvalue weighted by atomic mass is 32.2. The summed E-state index contributed by atoms with van der Waals surface area (Å²) >= 11 is 3.01. The predicted octanol–water partition coefficient (Wildman–Crippen LogP) is 3.19. The molecule has 1 heterocycles. The minimum Gasteiger partial charge on any atom is -0.369 e. The Morgan fingerprint density at radius 1 is 1.32 bits per heavy atom. The monoisotopic (exact) mass is 296 g/mol. The first kappa shape index (κ1) is 14.0. The van der Waals surface area contributed by atoms with Crippen molar-refractivity contribution in [2.24, 2.45) is 4.99 Å². The van der Waals surface area contributed by atoms with Crippen LogP contribution in [0.3, 0.4) is 0 Å². The van der Waals surface area contributed by atoms with Gasteiger partial charge in [0.1, 0.15) is 5.82 Å². The number of rotatable bonds is 5. The minimum atomic E-state index is -0.218. The lowest BCUT2D eigenvalue weighted by Gasteiger charge is -1.99. The first-order valence-corrected chi connectivity index (χ1v) is 7.35. The van der Waals surface area contributed by atoms with Gasteiger partial charge >= 0.3 is 0 Å². The minimum absolute atomic E-state index is 0.218. The van der Waals surface area contributed by atoms with Gasteiger partial charge in [-0.3, -0.25) is 0 Å². The van der Waals surface area contributed by atoms with Gasteiger partial charge in [-0.1, -0.05) is 35.2 Å². The Morgan fingerprint density at radius 3 is 2.74 bits per heavy atom. The van der Waals surface area contributed by atoms with Crippen molar-refractivity contribution < 1.29 is 4.39 Å². The molecule has 0 aliphatic heterocycles. The van der Waals surface area contributed by atoms with Crippen LogP contribution in [-0.2, 0) is 5.75 Å². The Kier molecular flexibility index (Phi) is 4.86. The van der Waals surface area contributed by atoms with Gasteiger partial charge in [-0.15, -0.1) is 10.2 Å². The van der Waals surface area contributed by atoms with Crippen LogP contribution in [-0.4, -0.2) is 35.5 Å². The van der Waals surface area contributed by atoms with Crippen LogP contribution in [0.15, 0.2) is 33.6 Å². The highest BCUT2D eigenvalue weighted by molar-refractivity contribution is 8.00. The van der Waals surface area contributed by atoms with Crippen LogP contribution >= 0.6 is 23.1 Å². The highest BCUT2D eigenvalue weighted by Gasteiger charge is 2.04. The molecule has 100 valence electrons. The number of benzene rings is 1. The molecular formula is C12H13FN4S2. The summed E-state index contributed by atoms with van der Waals surface area (Å²) in [6.07, 6.45) is 1.69. The maximum absolute atomic E-state index is 12.8. The fourth-order valence-corrected chi connectivity index (χ4v) is 2.84. The molecule has 0 fully saturated rings. The normalized spacial score (nSPS) is 11.1. The van der Waals surface area contributed by atoms with Gasteiger partial charge in [0.05, 0.1) is 6.34 Å². The van der Waals surface area contributed by atoms with Gasteiger partial charge in [-0.2, -0.15) is 0 Å². The average molecular weight is 296 g/mol. The van der Waals surface area contributed by atoms with Crippen LogP contribution in [0.2, 0.25) is 0 Å². The van der Waals surface area contributed by atoms with Crippen molar-refractivity contribution >= 4 is 34.6 Å². The average Bonchev–Trinajstić information content (AvgIpc) is 2.84. The quantitative estimate of drug-likeness (QED) is 0.483. The molecule has 0 aliphatic rings. The summed E-state index contributed by atoms with van der Waals surface area (Å²) in [5, 5.41) is 8.66. The number of halogens is 1. The Morgan fingerprint density at radius 2 is 2.05 bits per heavy atom. The Bertz CT molecular complexity index is 551. The molecular weight excluding hydrogens is 283 g/mol. The Balaban J connectivity index is 1.91. The summed E-state index contributed by atoms with van der Waals surface area (Å²) in [4.78, 5) is 6.02. The molecule has 0 aliphatic carbocycles. The van der Waals surface area contributed by atoms with E-state index in [0.717, 1.165) is 15.7 Å². The van der Waals surface area contributed by atoms with Crippen LogP contribution in [0, 0.1) is 5.82 Å². The van der Waals surface area contributed by atoms with Gasteiger partial charge in [0, 0.05) is 19.8 Å². The molecule has 0 bridgehead atoms. The van der Waals surface area contributed by atoms with Crippen molar-refractivity contribution in [3.8, 4) is 0 Å². The number of aliphatic imine (C=N–C) groups is 1. The van der Waals surface area contributed by atoms with Crippen molar-refractivity contribution in [3.05, 3.63) is 35.6 Å². The maximum Gasteiger partial charge on any atom is 0.233 e. The Labute approximate surface area is 119 Å². The van der Waals surface area contributed by atoms with Crippen molar-refractivity contribution in [1.29, 1.82) is 0 Å². The van der Waals surface area contributed by atoms with Crippen LogP contribution in [0.1, 0.15) is 5.56 Å². The number of aromatic nitrogens is 2. The number of hydrogen-bond acceptors (Lipinski definition) is 5. The third-order valence-electron chi connectivity index (χ3n) is 2.07.